The lowest BCUT2D eigenvalue weighted by molar-refractivity contribution is 0.413. The predicted octanol–water partition coefficient (Wildman–Crippen LogP) is 3.54. The van der Waals surface area contributed by atoms with E-state index in [1.54, 1.807) is 18.4 Å². The quantitative estimate of drug-likeness (QED) is 0.718. The van der Waals surface area contributed by atoms with Gasteiger partial charge >= 0.3 is 0 Å². The Labute approximate surface area is 151 Å². The van der Waals surface area contributed by atoms with E-state index < -0.39 is 0 Å². The lowest BCUT2D eigenvalue weighted by Gasteiger charge is -2.36. The molecule has 128 valence electrons. The minimum atomic E-state index is 0.811. The van der Waals surface area contributed by atoms with Crippen LogP contribution in [0.4, 0.5) is 11.6 Å². The fourth-order valence-corrected chi connectivity index (χ4v) is 3.80. The summed E-state index contributed by atoms with van der Waals surface area (Å²) in [7, 11) is 1.72. The van der Waals surface area contributed by atoms with Gasteiger partial charge in [-0.3, -0.25) is 0 Å². The molecule has 1 aliphatic rings. The molecule has 1 aromatic carbocycles. The maximum atomic E-state index is 5.49. The Kier molecular flexibility index (Phi) is 4.52. The molecule has 25 heavy (non-hydrogen) atoms. The van der Waals surface area contributed by atoms with E-state index in [0.717, 1.165) is 49.3 Å². The molecule has 0 bridgehead atoms. The summed E-state index contributed by atoms with van der Waals surface area (Å²) in [5, 5.41) is 2.07. The van der Waals surface area contributed by atoms with Crippen molar-refractivity contribution in [1.29, 1.82) is 0 Å². The van der Waals surface area contributed by atoms with Gasteiger partial charge in [0.25, 0.3) is 0 Å². The summed E-state index contributed by atoms with van der Waals surface area (Å²) >= 11 is 1.70. The van der Waals surface area contributed by atoms with Gasteiger partial charge in [0.1, 0.15) is 5.75 Å². The maximum absolute atomic E-state index is 5.49. The molecule has 0 aliphatic carbocycles. The molecule has 1 saturated heterocycles. The van der Waals surface area contributed by atoms with Gasteiger partial charge in [-0.2, -0.15) is 0 Å². The van der Waals surface area contributed by atoms with Crippen LogP contribution in [0.1, 0.15) is 0 Å². The van der Waals surface area contributed by atoms with Gasteiger partial charge in [-0.1, -0.05) is 18.2 Å². The van der Waals surface area contributed by atoms with Crippen LogP contribution in [-0.4, -0.2) is 43.3 Å². The van der Waals surface area contributed by atoms with E-state index in [2.05, 4.69) is 38.4 Å². The van der Waals surface area contributed by atoms with Gasteiger partial charge in [0.2, 0.25) is 5.95 Å². The molecule has 3 aromatic rings. The van der Waals surface area contributed by atoms with Crippen molar-refractivity contribution in [1.82, 2.24) is 9.97 Å². The number of para-hydroxylation sites is 2. The van der Waals surface area contributed by atoms with Crippen LogP contribution in [0.5, 0.6) is 5.75 Å². The van der Waals surface area contributed by atoms with Crippen molar-refractivity contribution in [2.45, 2.75) is 0 Å². The lowest BCUT2D eigenvalue weighted by Crippen LogP contribution is -2.47. The molecular formula is C19H20N4OS. The van der Waals surface area contributed by atoms with Crippen LogP contribution in [-0.2, 0) is 0 Å². The molecular weight excluding hydrogens is 332 g/mol. The second-order valence-electron chi connectivity index (χ2n) is 5.87. The first-order chi connectivity index (χ1) is 12.3. The average molecular weight is 352 g/mol. The van der Waals surface area contributed by atoms with Crippen molar-refractivity contribution in [3.8, 4) is 16.3 Å². The molecule has 0 spiro atoms. The van der Waals surface area contributed by atoms with Gasteiger partial charge in [0.05, 0.1) is 23.4 Å². The lowest BCUT2D eigenvalue weighted by atomic mass is 10.2. The van der Waals surface area contributed by atoms with E-state index in [4.69, 9.17) is 9.72 Å². The molecule has 3 heterocycles. The topological polar surface area (TPSA) is 41.5 Å². The zero-order valence-corrected chi connectivity index (χ0v) is 14.9. The molecule has 4 rings (SSSR count). The second kappa shape index (κ2) is 7.11. The monoisotopic (exact) mass is 352 g/mol. The third-order valence-corrected chi connectivity index (χ3v) is 5.30. The number of aromatic nitrogens is 2. The smallest absolute Gasteiger partial charge is 0.226 e. The Morgan fingerprint density at radius 3 is 2.52 bits per heavy atom. The highest BCUT2D eigenvalue weighted by atomic mass is 32.1. The SMILES string of the molecule is COc1ccccc1N1CCN(c2nccc(-c3cccs3)n2)CC1. The second-order valence-corrected chi connectivity index (χ2v) is 6.81. The molecule has 0 N–H and O–H groups in total. The van der Waals surface area contributed by atoms with Gasteiger partial charge < -0.3 is 14.5 Å². The zero-order chi connectivity index (χ0) is 17.1. The van der Waals surface area contributed by atoms with Crippen molar-refractivity contribution in [3.63, 3.8) is 0 Å². The van der Waals surface area contributed by atoms with Crippen LogP contribution in [0.15, 0.2) is 54.0 Å². The summed E-state index contributed by atoms with van der Waals surface area (Å²) in [5.74, 6) is 1.73. The Morgan fingerprint density at radius 2 is 1.76 bits per heavy atom. The summed E-state index contributed by atoms with van der Waals surface area (Å²) in [6.07, 6.45) is 1.85. The minimum absolute atomic E-state index is 0.811. The summed E-state index contributed by atoms with van der Waals surface area (Å²) in [6, 6.07) is 14.3. The van der Waals surface area contributed by atoms with Crippen molar-refractivity contribution < 1.29 is 4.74 Å². The van der Waals surface area contributed by atoms with E-state index in [-0.39, 0.29) is 0 Å². The van der Waals surface area contributed by atoms with Gasteiger partial charge in [-0.05, 0) is 29.6 Å². The maximum Gasteiger partial charge on any atom is 0.226 e. The summed E-state index contributed by atoms with van der Waals surface area (Å²) in [5.41, 5.74) is 2.14. The van der Waals surface area contributed by atoms with Gasteiger partial charge in [-0.15, -0.1) is 11.3 Å². The fourth-order valence-electron chi connectivity index (χ4n) is 3.10. The van der Waals surface area contributed by atoms with E-state index in [1.807, 2.05) is 30.5 Å². The van der Waals surface area contributed by atoms with E-state index in [1.165, 1.54) is 4.88 Å². The number of piperazine rings is 1. The van der Waals surface area contributed by atoms with Crippen molar-refractivity contribution in [2.75, 3.05) is 43.1 Å². The predicted molar refractivity (Wildman–Crippen MR) is 103 cm³/mol. The first-order valence-electron chi connectivity index (χ1n) is 8.35. The molecule has 0 unspecified atom stereocenters. The Bertz CT molecular complexity index is 829. The third-order valence-electron chi connectivity index (χ3n) is 4.40. The average Bonchev–Trinajstić information content (AvgIpc) is 3.23. The Morgan fingerprint density at radius 1 is 0.960 bits per heavy atom. The van der Waals surface area contributed by atoms with E-state index in [0.29, 0.717) is 0 Å². The highest BCUT2D eigenvalue weighted by Crippen LogP contribution is 2.29. The summed E-state index contributed by atoms with van der Waals surface area (Å²) in [6.45, 7) is 3.64. The third kappa shape index (κ3) is 3.30. The molecule has 1 fully saturated rings. The number of rotatable bonds is 4. The summed E-state index contributed by atoms with van der Waals surface area (Å²) in [4.78, 5) is 15.0. The summed E-state index contributed by atoms with van der Waals surface area (Å²) < 4.78 is 5.49. The molecule has 0 atom stereocenters. The molecule has 0 amide bonds. The number of nitrogens with zero attached hydrogens (tertiary/aromatic N) is 4. The van der Waals surface area contributed by atoms with Crippen LogP contribution in [0, 0.1) is 0 Å². The fraction of sp³-hybridized carbons (Fsp3) is 0.263. The molecule has 2 aromatic heterocycles. The molecule has 0 saturated carbocycles. The normalized spacial score (nSPS) is 14.6. The molecule has 6 heteroatoms. The van der Waals surface area contributed by atoms with Crippen LogP contribution in [0.2, 0.25) is 0 Å². The van der Waals surface area contributed by atoms with Crippen molar-refractivity contribution >= 4 is 23.0 Å². The Hall–Kier alpha value is -2.60. The number of thiophene rings is 1. The minimum Gasteiger partial charge on any atom is -0.495 e. The number of methoxy groups -OCH3 is 1. The number of hydrogen-bond acceptors (Lipinski definition) is 6. The van der Waals surface area contributed by atoms with Crippen molar-refractivity contribution in [2.24, 2.45) is 0 Å². The number of hydrogen-bond donors (Lipinski definition) is 0. The highest BCUT2D eigenvalue weighted by Gasteiger charge is 2.21. The number of anilines is 2. The number of benzene rings is 1. The standard InChI is InChI=1S/C19H20N4OS/c1-24-17-6-3-2-5-16(17)22-10-12-23(13-11-22)19-20-9-8-15(21-19)18-7-4-14-25-18/h2-9,14H,10-13H2,1H3. The van der Waals surface area contributed by atoms with Crippen LogP contribution >= 0.6 is 11.3 Å². The first-order valence-corrected chi connectivity index (χ1v) is 9.23. The Balaban J connectivity index is 1.48. The zero-order valence-electron chi connectivity index (χ0n) is 14.1. The highest BCUT2D eigenvalue weighted by molar-refractivity contribution is 7.13. The van der Waals surface area contributed by atoms with E-state index >= 15 is 0 Å². The van der Waals surface area contributed by atoms with Gasteiger partial charge in [0.15, 0.2) is 0 Å². The molecule has 5 nitrogen and oxygen atoms in total. The molecule has 1 aliphatic heterocycles. The largest absolute Gasteiger partial charge is 0.495 e. The van der Waals surface area contributed by atoms with Gasteiger partial charge in [-0.25, -0.2) is 9.97 Å². The van der Waals surface area contributed by atoms with Crippen LogP contribution < -0.4 is 14.5 Å². The van der Waals surface area contributed by atoms with Crippen LogP contribution in [0.25, 0.3) is 10.6 Å². The molecule has 0 radical (unpaired) electrons. The van der Waals surface area contributed by atoms with Gasteiger partial charge in [0, 0.05) is 32.4 Å². The first kappa shape index (κ1) is 15.9. The van der Waals surface area contributed by atoms with E-state index in [9.17, 15) is 0 Å². The van der Waals surface area contributed by atoms with Crippen LogP contribution in [0.3, 0.4) is 0 Å². The number of ether oxygens (including phenoxy) is 1. The van der Waals surface area contributed by atoms with Crippen molar-refractivity contribution in [3.05, 3.63) is 54.0 Å².